The van der Waals surface area contributed by atoms with E-state index >= 15 is 0 Å². The van der Waals surface area contributed by atoms with Crippen molar-refractivity contribution in [2.45, 2.75) is 49.9 Å². The van der Waals surface area contributed by atoms with E-state index in [1.54, 1.807) is 10.8 Å². The topological polar surface area (TPSA) is 46.3 Å². The molecule has 0 fully saturated rings. The van der Waals surface area contributed by atoms with E-state index in [0.717, 1.165) is 11.1 Å². The Morgan fingerprint density at radius 2 is 1.69 bits per heavy atom. The Labute approximate surface area is 165 Å². The molecule has 2 rings (SSSR count). The number of hydrogen-bond acceptors (Lipinski definition) is 4. The van der Waals surface area contributed by atoms with Crippen molar-refractivity contribution in [3.05, 3.63) is 65.7 Å². The van der Waals surface area contributed by atoms with Gasteiger partial charge in [0.05, 0.1) is 12.6 Å². The number of carbonyl (C=O) groups excluding carboxylic acids is 1. The summed E-state index contributed by atoms with van der Waals surface area (Å²) in [6.07, 6.45) is 0. The van der Waals surface area contributed by atoms with Gasteiger partial charge in [-0.05, 0) is 24.1 Å². The van der Waals surface area contributed by atoms with Crippen molar-refractivity contribution < 1.29 is 4.79 Å². The van der Waals surface area contributed by atoms with Crippen molar-refractivity contribution in [2.24, 2.45) is 5.73 Å². The lowest BCUT2D eigenvalue weighted by atomic mass is 10.1. The molecule has 1 atom stereocenters. The first kappa shape index (κ1) is 20.9. The van der Waals surface area contributed by atoms with Gasteiger partial charge in [-0.25, -0.2) is 0 Å². The monoisotopic (exact) mass is 388 g/mol. The minimum Gasteiger partial charge on any atom is -0.330 e. The number of nitrogens with zero attached hydrogens (tertiary/aromatic N) is 1. The van der Waals surface area contributed by atoms with Crippen LogP contribution in [0.3, 0.4) is 0 Å². The fraction of sp³-hybridized carbons (Fsp3) is 0.381. The maximum atomic E-state index is 12.5. The molecule has 1 unspecified atom stereocenters. The minimum absolute atomic E-state index is 0.0171. The molecular weight excluding hydrogens is 360 g/mol. The van der Waals surface area contributed by atoms with Gasteiger partial charge in [-0.15, -0.1) is 0 Å². The standard InChI is InChI=1S/C21H28N2OS2/c1-16(17-10-6-5-7-11-17)23(20(24)14-22)15-18-12-8-9-13-19(18)25-26-21(2,3)4/h5-13,16H,14-15,22H2,1-4H3. The van der Waals surface area contributed by atoms with Crippen LogP contribution in [0.15, 0.2) is 59.5 Å². The normalized spacial score (nSPS) is 12.7. The van der Waals surface area contributed by atoms with Gasteiger partial charge in [0, 0.05) is 16.2 Å². The zero-order valence-electron chi connectivity index (χ0n) is 15.9. The van der Waals surface area contributed by atoms with Crippen LogP contribution in [-0.4, -0.2) is 22.1 Å². The lowest BCUT2D eigenvalue weighted by Gasteiger charge is -2.30. The second kappa shape index (κ2) is 9.49. The maximum absolute atomic E-state index is 12.5. The smallest absolute Gasteiger partial charge is 0.237 e. The van der Waals surface area contributed by atoms with Crippen LogP contribution in [0.1, 0.15) is 44.9 Å². The highest BCUT2D eigenvalue weighted by atomic mass is 33.1. The summed E-state index contributed by atoms with van der Waals surface area (Å²) in [5, 5.41) is 0. The van der Waals surface area contributed by atoms with Gasteiger partial charge < -0.3 is 10.6 Å². The molecule has 2 aromatic rings. The van der Waals surface area contributed by atoms with Gasteiger partial charge in [0.1, 0.15) is 0 Å². The maximum Gasteiger partial charge on any atom is 0.237 e. The summed E-state index contributed by atoms with van der Waals surface area (Å²) in [6.45, 7) is 9.24. The lowest BCUT2D eigenvalue weighted by molar-refractivity contribution is -0.132. The molecule has 0 aromatic heterocycles. The highest BCUT2D eigenvalue weighted by Crippen LogP contribution is 2.42. The summed E-state index contributed by atoms with van der Waals surface area (Å²) >= 11 is 0. The van der Waals surface area contributed by atoms with E-state index in [1.807, 2.05) is 46.0 Å². The van der Waals surface area contributed by atoms with Gasteiger partial charge >= 0.3 is 0 Å². The van der Waals surface area contributed by atoms with E-state index < -0.39 is 0 Å². The highest BCUT2D eigenvalue weighted by Gasteiger charge is 2.22. The van der Waals surface area contributed by atoms with Crippen molar-refractivity contribution in [3.63, 3.8) is 0 Å². The molecule has 0 spiro atoms. The molecule has 140 valence electrons. The van der Waals surface area contributed by atoms with E-state index in [9.17, 15) is 4.79 Å². The molecule has 0 aliphatic heterocycles. The minimum atomic E-state index is -0.0374. The van der Waals surface area contributed by atoms with Crippen molar-refractivity contribution in [3.8, 4) is 0 Å². The molecule has 0 radical (unpaired) electrons. The molecular formula is C21H28N2OS2. The zero-order chi connectivity index (χ0) is 19.2. The molecule has 26 heavy (non-hydrogen) atoms. The van der Waals surface area contributed by atoms with Crippen LogP contribution < -0.4 is 5.73 Å². The lowest BCUT2D eigenvalue weighted by Crippen LogP contribution is -2.37. The summed E-state index contributed by atoms with van der Waals surface area (Å²) < 4.78 is 0.169. The second-order valence-electron chi connectivity index (χ2n) is 7.20. The molecule has 3 nitrogen and oxygen atoms in total. The molecule has 0 heterocycles. The average molecular weight is 389 g/mol. The van der Waals surface area contributed by atoms with Crippen LogP contribution >= 0.6 is 21.6 Å². The van der Waals surface area contributed by atoms with Crippen molar-refractivity contribution in [2.75, 3.05) is 6.54 Å². The summed E-state index contributed by atoms with van der Waals surface area (Å²) in [5.41, 5.74) is 7.96. The Bertz CT molecular complexity index is 713. The Kier molecular flexibility index (Phi) is 7.62. The number of benzene rings is 2. The number of carbonyl (C=O) groups is 1. The molecule has 0 aliphatic rings. The number of amides is 1. The molecule has 5 heteroatoms. The Balaban J connectivity index is 2.25. The Morgan fingerprint density at radius 3 is 2.31 bits per heavy atom. The van der Waals surface area contributed by atoms with Crippen LogP contribution in [0.5, 0.6) is 0 Å². The third-order valence-corrected chi connectivity index (χ3v) is 7.39. The van der Waals surface area contributed by atoms with Gasteiger partial charge in [-0.1, -0.05) is 90.9 Å². The van der Waals surface area contributed by atoms with Crippen LogP contribution in [0.4, 0.5) is 0 Å². The molecule has 2 aromatic carbocycles. The van der Waals surface area contributed by atoms with E-state index in [2.05, 4.69) is 52.0 Å². The summed E-state index contributed by atoms with van der Waals surface area (Å²) in [7, 11) is 3.61. The number of hydrogen-bond donors (Lipinski definition) is 1. The van der Waals surface area contributed by atoms with E-state index in [-0.39, 0.29) is 23.2 Å². The van der Waals surface area contributed by atoms with Gasteiger partial charge in [0.2, 0.25) is 5.91 Å². The fourth-order valence-corrected chi connectivity index (χ4v) is 4.76. The fourth-order valence-electron chi connectivity index (χ4n) is 2.54. The third kappa shape index (κ3) is 6.08. The van der Waals surface area contributed by atoms with Crippen molar-refractivity contribution >= 4 is 27.5 Å². The molecule has 0 bridgehead atoms. The predicted octanol–water partition coefficient (Wildman–Crippen LogP) is 5.27. The molecule has 0 saturated carbocycles. The number of rotatable bonds is 7. The van der Waals surface area contributed by atoms with Gasteiger partial charge in [0.15, 0.2) is 0 Å². The zero-order valence-corrected chi connectivity index (χ0v) is 17.6. The predicted molar refractivity (Wildman–Crippen MR) is 114 cm³/mol. The first-order valence-corrected chi connectivity index (χ1v) is 10.9. The molecule has 2 N–H and O–H groups in total. The highest BCUT2D eigenvalue weighted by molar-refractivity contribution is 8.77. The van der Waals surface area contributed by atoms with Gasteiger partial charge in [-0.2, -0.15) is 0 Å². The first-order chi connectivity index (χ1) is 12.3. The Hall–Kier alpha value is -1.43. The molecule has 0 saturated heterocycles. The number of nitrogens with two attached hydrogens (primary N) is 1. The Morgan fingerprint density at radius 1 is 1.08 bits per heavy atom. The van der Waals surface area contributed by atoms with E-state index in [4.69, 9.17) is 5.73 Å². The summed E-state index contributed by atoms with van der Waals surface area (Å²) in [4.78, 5) is 15.6. The van der Waals surface area contributed by atoms with Gasteiger partial charge in [-0.3, -0.25) is 4.79 Å². The molecule has 1 amide bonds. The summed E-state index contributed by atoms with van der Waals surface area (Å²) in [6, 6.07) is 18.4. The van der Waals surface area contributed by atoms with Crippen LogP contribution in [0.25, 0.3) is 0 Å². The first-order valence-electron chi connectivity index (χ1n) is 8.80. The average Bonchev–Trinajstić information content (AvgIpc) is 2.64. The molecule has 0 aliphatic carbocycles. The van der Waals surface area contributed by atoms with E-state index in [0.29, 0.717) is 6.54 Å². The van der Waals surface area contributed by atoms with E-state index in [1.165, 1.54) is 4.90 Å². The quantitative estimate of drug-likeness (QED) is 0.656. The van der Waals surface area contributed by atoms with Crippen LogP contribution in [0.2, 0.25) is 0 Å². The van der Waals surface area contributed by atoms with Crippen molar-refractivity contribution in [1.29, 1.82) is 0 Å². The van der Waals surface area contributed by atoms with Crippen LogP contribution in [0, 0.1) is 0 Å². The largest absolute Gasteiger partial charge is 0.330 e. The summed E-state index contributed by atoms with van der Waals surface area (Å²) in [5.74, 6) is -0.0374. The SMILES string of the molecule is CC(c1ccccc1)N(Cc1ccccc1SSC(C)(C)C)C(=O)CN. The van der Waals surface area contributed by atoms with Crippen LogP contribution in [-0.2, 0) is 11.3 Å². The third-order valence-electron chi connectivity index (χ3n) is 3.94. The van der Waals surface area contributed by atoms with Gasteiger partial charge in [0.25, 0.3) is 0 Å². The second-order valence-corrected chi connectivity index (χ2v) is 10.2. The van der Waals surface area contributed by atoms with Crippen molar-refractivity contribution in [1.82, 2.24) is 4.90 Å².